The summed E-state index contributed by atoms with van der Waals surface area (Å²) in [6.45, 7) is 6.16. The van der Waals surface area contributed by atoms with Gasteiger partial charge in [0, 0.05) is 48.5 Å². The summed E-state index contributed by atoms with van der Waals surface area (Å²) in [5, 5.41) is -0.367. The number of nitrogens with two attached hydrogens (primary N) is 1. The molecule has 0 amide bonds. The molecular weight excluding hydrogens is 294 g/mol. The number of rotatable bonds is 4. The molecule has 7 heteroatoms. The number of hydrogen-bond donors (Lipinski definition) is 1. The van der Waals surface area contributed by atoms with E-state index in [4.69, 9.17) is 5.73 Å². The van der Waals surface area contributed by atoms with Crippen LogP contribution in [-0.4, -0.2) is 79.1 Å². The average molecular weight is 322 g/mol. The van der Waals surface area contributed by atoms with E-state index >= 15 is 0 Å². The van der Waals surface area contributed by atoms with E-state index in [1.54, 1.807) is 18.7 Å². The van der Waals surface area contributed by atoms with Gasteiger partial charge in [-0.1, -0.05) is 6.92 Å². The van der Waals surface area contributed by atoms with E-state index in [0.717, 1.165) is 25.3 Å². The van der Waals surface area contributed by atoms with Crippen molar-refractivity contribution < 1.29 is 8.42 Å². The van der Waals surface area contributed by atoms with Gasteiger partial charge in [-0.2, -0.15) is 11.8 Å². The van der Waals surface area contributed by atoms with E-state index in [9.17, 15) is 8.42 Å². The molecule has 2 N–H and O–H groups in total. The van der Waals surface area contributed by atoms with Crippen molar-refractivity contribution in [3.05, 3.63) is 0 Å². The summed E-state index contributed by atoms with van der Waals surface area (Å²) in [5.74, 6) is 1.88. The molecule has 2 fully saturated rings. The molecule has 0 radical (unpaired) electrons. The van der Waals surface area contributed by atoms with Crippen molar-refractivity contribution in [2.75, 3.05) is 43.9 Å². The van der Waals surface area contributed by atoms with Crippen LogP contribution >= 0.6 is 11.8 Å². The lowest BCUT2D eigenvalue weighted by Crippen LogP contribution is -2.63. The lowest BCUT2D eigenvalue weighted by molar-refractivity contribution is 0.0970. The smallest absolute Gasteiger partial charge is 0.166 e. The van der Waals surface area contributed by atoms with Crippen LogP contribution in [0.4, 0.5) is 0 Å². The molecule has 20 heavy (non-hydrogen) atoms. The van der Waals surface area contributed by atoms with Crippen LogP contribution < -0.4 is 5.73 Å². The maximum atomic E-state index is 12.4. The molecular formula is C13H27N3O2S2. The third-order valence-electron chi connectivity index (χ3n) is 4.86. The molecule has 2 saturated heterocycles. The molecule has 0 bridgehead atoms. The molecule has 0 spiro atoms. The normalized spacial score (nSPS) is 37.4. The van der Waals surface area contributed by atoms with Gasteiger partial charge in [0.2, 0.25) is 0 Å². The molecule has 0 aromatic rings. The Hall–Kier alpha value is 0.180. The third-order valence-corrected chi connectivity index (χ3v) is 8.15. The van der Waals surface area contributed by atoms with Crippen LogP contribution in [-0.2, 0) is 9.84 Å². The van der Waals surface area contributed by atoms with E-state index in [1.165, 1.54) is 0 Å². The zero-order chi connectivity index (χ0) is 15.0. The van der Waals surface area contributed by atoms with Crippen molar-refractivity contribution in [2.45, 2.75) is 37.2 Å². The quantitative estimate of drug-likeness (QED) is 0.799. The van der Waals surface area contributed by atoms with Crippen LogP contribution in [0.5, 0.6) is 0 Å². The van der Waals surface area contributed by atoms with E-state index in [-0.39, 0.29) is 16.7 Å². The highest BCUT2D eigenvalue weighted by Gasteiger charge is 2.49. The minimum atomic E-state index is -3.06. The molecule has 0 saturated carbocycles. The highest BCUT2D eigenvalue weighted by atomic mass is 32.2. The number of thioether (sulfide) groups is 1. The first kappa shape index (κ1) is 16.5. The minimum Gasteiger partial charge on any atom is -0.329 e. The molecule has 3 unspecified atom stereocenters. The Balaban J connectivity index is 2.31. The zero-order valence-electron chi connectivity index (χ0n) is 12.7. The van der Waals surface area contributed by atoms with Gasteiger partial charge in [-0.25, -0.2) is 8.42 Å². The number of nitrogens with zero attached hydrogens (tertiary/aromatic N) is 2. The van der Waals surface area contributed by atoms with Gasteiger partial charge in [0.15, 0.2) is 9.84 Å². The maximum Gasteiger partial charge on any atom is 0.166 e. The Labute approximate surface area is 127 Å². The molecule has 2 aliphatic rings. The van der Waals surface area contributed by atoms with Gasteiger partial charge in [0.25, 0.3) is 0 Å². The predicted molar refractivity (Wildman–Crippen MR) is 85.8 cm³/mol. The standard InChI is InChI=1S/C13H27N3O2S2/c1-4-20(17,18)12-8-19-6-5-16(12)13(9-14)7-11(2)15(3)10-13/h11-12H,4-10,14H2,1-3H3. The molecule has 2 aliphatic heterocycles. The summed E-state index contributed by atoms with van der Waals surface area (Å²) in [4.78, 5) is 4.51. The predicted octanol–water partition coefficient (Wildman–Crippen LogP) is 0.218. The fourth-order valence-electron chi connectivity index (χ4n) is 3.48. The summed E-state index contributed by atoms with van der Waals surface area (Å²) in [7, 11) is -0.959. The van der Waals surface area contributed by atoms with E-state index in [1.807, 2.05) is 0 Å². The van der Waals surface area contributed by atoms with E-state index in [0.29, 0.717) is 18.3 Å². The molecule has 0 aromatic carbocycles. The Morgan fingerprint density at radius 1 is 1.45 bits per heavy atom. The van der Waals surface area contributed by atoms with E-state index in [2.05, 4.69) is 23.8 Å². The van der Waals surface area contributed by atoms with Crippen molar-refractivity contribution in [3.63, 3.8) is 0 Å². The molecule has 2 heterocycles. The van der Waals surface area contributed by atoms with Crippen LogP contribution in [0.1, 0.15) is 20.3 Å². The number of hydrogen-bond acceptors (Lipinski definition) is 6. The summed E-state index contributed by atoms with van der Waals surface area (Å²) in [6, 6.07) is 0.457. The van der Waals surface area contributed by atoms with Crippen molar-refractivity contribution in [3.8, 4) is 0 Å². The van der Waals surface area contributed by atoms with Crippen LogP contribution in [0.3, 0.4) is 0 Å². The topological polar surface area (TPSA) is 66.6 Å². The maximum absolute atomic E-state index is 12.4. The van der Waals surface area contributed by atoms with E-state index < -0.39 is 9.84 Å². The van der Waals surface area contributed by atoms with Crippen LogP contribution in [0.2, 0.25) is 0 Å². The Kier molecular flexibility index (Phi) is 5.07. The summed E-state index contributed by atoms with van der Waals surface area (Å²) in [6.07, 6.45) is 0.959. The van der Waals surface area contributed by atoms with Gasteiger partial charge >= 0.3 is 0 Å². The van der Waals surface area contributed by atoms with Crippen LogP contribution in [0.25, 0.3) is 0 Å². The summed E-state index contributed by atoms with van der Waals surface area (Å²) < 4.78 is 24.9. The third kappa shape index (κ3) is 2.88. The molecule has 118 valence electrons. The number of likely N-dealkylation sites (N-methyl/N-ethyl adjacent to an activating group) is 1. The number of likely N-dealkylation sites (tertiary alicyclic amines) is 1. The Morgan fingerprint density at radius 3 is 2.65 bits per heavy atom. The first-order valence-corrected chi connectivity index (χ1v) is 10.2. The molecule has 0 aliphatic carbocycles. The molecule has 2 rings (SSSR count). The first-order chi connectivity index (χ1) is 9.36. The summed E-state index contributed by atoms with van der Waals surface area (Å²) in [5.41, 5.74) is 5.92. The van der Waals surface area contributed by atoms with Crippen LogP contribution in [0, 0.1) is 0 Å². The van der Waals surface area contributed by atoms with Gasteiger partial charge in [-0.05, 0) is 20.4 Å². The van der Waals surface area contributed by atoms with Gasteiger partial charge in [0.1, 0.15) is 5.37 Å². The van der Waals surface area contributed by atoms with Gasteiger partial charge < -0.3 is 10.6 Å². The molecule has 0 aromatic heterocycles. The van der Waals surface area contributed by atoms with Crippen LogP contribution in [0.15, 0.2) is 0 Å². The zero-order valence-corrected chi connectivity index (χ0v) is 14.3. The SMILES string of the molecule is CCS(=O)(=O)C1CSCCN1C1(CN)CC(C)N(C)C1. The van der Waals surface area contributed by atoms with Crippen molar-refractivity contribution >= 4 is 21.6 Å². The van der Waals surface area contributed by atoms with Crippen molar-refractivity contribution in [2.24, 2.45) is 5.73 Å². The minimum absolute atomic E-state index is 0.179. The lowest BCUT2D eigenvalue weighted by Gasteiger charge is -2.46. The fraction of sp³-hybridized carbons (Fsp3) is 1.00. The summed E-state index contributed by atoms with van der Waals surface area (Å²) >= 11 is 1.74. The Bertz CT molecular complexity index is 431. The second-order valence-electron chi connectivity index (χ2n) is 6.07. The lowest BCUT2D eigenvalue weighted by atomic mass is 9.94. The highest BCUT2D eigenvalue weighted by molar-refractivity contribution is 8.01. The van der Waals surface area contributed by atoms with Gasteiger partial charge in [-0.15, -0.1) is 0 Å². The first-order valence-electron chi connectivity index (χ1n) is 7.32. The molecule has 3 atom stereocenters. The number of sulfone groups is 1. The fourth-order valence-corrected chi connectivity index (χ4v) is 6.57. The highest BCUT2D eigenvalue weighted by Crippen LogP contribution is 2.36. The average Bonchev–Trinajstić information content (AvgIpc) is 2.75. The monoisotopic (exact) mass is 321 g/mol. The second kappa shape index (κ2) is 6.12. The van der Waals surface area contributed by atoms with Gasteiger partial charge in [0.05, 0.1) is 0 Å². The second-order valence-corrected chi connectivity index (χ2v) is 9.67. The van der Waals surface area contributed by atoms with Gasteiger partial charge in [-0.3, -0.25) is 4.90 Å². The molecule has 5 nitrogen and oxygen atoms in total. The van der Waals surface area contributed by atoms with Crippen molar-refractivity contribution in [1.82, 2.24) is 9.80 Å². The Morgan fingerprint density at radius 2 is 2.15 bits per heavy atom. The largest absolute Gasteiger partial charge is 0.329 e. The van der Waals surface area contributed by atoms with Crippen molar-refractivity contribution in [1.29, 1.82) is 0 Å².